The van der Waals surface area contributed by atoms with Crippen molar-refractivity contribution >= 4 is 11.6 Å². The number of anilines is 1. The van der Waals surface area contributed by atoms with Crippen molar-refractivity contribution in [3.63, 3.8) is 0 Å². The topological polar surface area (TPSA) is 71.7 Å². The van der Waals surface area contributed by atoms with Crippen LogP contribution in [0.25, 0.3) is 11.5 Å². The van der Waals surface area contributed by atoms with Crippen molar-refractivity contribution in [1.82, 2.24) is 15.1 Å². The van der Waals surface area contributed by atoms with Gasteiger partial charge in [0.05, 0.1) is 7.11 Å². The minimum atomic E-state index is -0.231. The lowest BCUT2D eigenvalue weighted by atomic mass is 10.2. The summed E-state index contributed by atoms with van der Waals surface area (Å²) in [6.45, 7) is 4.85. The molecule has 1 aliphatic rings. The number of aromatic nitrogens is 2. The van der Waals surface area contributed by atoms with Gasteiger partial charge in [0.15, 0.2) is 0 Å². The Balaban J connectivity index is 1.42. The lowest BCUT2D eigenvalue weighted by Crippen LogP contribution is -2.48. The van der Waals surface area contributed by atoms with E-state index >= 15 is 0 Å². The number of benzene rings is 2. The lowest BCUT2D eigenvalue weighted by Gasteiger charge is -2.35. The van der Waals surface area contributed by atoms with E-state index in [1.807, 2.05) is 18.2 Å². The summed E-state index contributed by atoms with van der Waals surface area (Å²) in [5, 5.41) is 7.97. The monoisotopic (exact) mass is 378 g/mol. The minimum absolute atomic E-state index is 0.0156. The molecule has 7 heteroatoms. The van der Waals surface area contributed by atoms with Crippen molar-refractivity contribution in [2.75, 3.05) is 38.2 Å². The number of amides is 1. The van der Waals surface area contributed by atoms with Crippen molar-refractivity contribution in [2.45, 2.75) is 6.92 Å². The van der Waals surface area contributed by atoms with E-state index in [1.54, 1.807) is 18.1 Å². The summed E-state index contributed by atoms with van der Waals surface area (Å²) in [7, 11) is 1.60. The van der Waals surface area contributed by atoms with Crippen LogP contribution in [0.3, 0.4) is 0 Å². The maximum Gasteiger partial charge on any atom is 0.311 e. The Morgan fingerprint density at radius 1 is 1.04 bits per heavy atom. The van der Waals surface area contributed by atoms with Gasteiger partial charge in [-0.2, -0.15) is 0 Å². The van der Waals surface area contributed by atoms with Gasteiger partial charge in [-0.05, 0) is 42.8 Å². The van der Waals surface area contributed by atoms with Crippen LogP contribution in [0.4, 0.5) is 5.69 Å². The highest BCUT2D eigenvalue weighted by Crippen LogP contribution is 2.23. The quantitative estimate of drug-likeness (QED) is 0.695. The average Bonchev–Trinajstić information content (AvgIpc) is 3.24. The summed E-state index contributed by atoms with van der Waals surface area (Å²) >= 11 is 0. The van der Waals surface area contributed by atoms with E-state index in [0.717, 1.165) is 18.7 Å². The molecule has 0 unspecified atom stereocenters. The molecule has 1 aliphatic heterocycles. The second-order valence-corrected chi connectivity index (χ2v) is 6.76. The first-order chi connectivity index (χ1) is 13.6. The number of hydrogen-bond donors (Lipinski definition) is 0. The van der Waals surface area contributed by atoms with Gasteiger partial charge < -0.3 is 19.0 Å². The van der Waals surface area contributed by atoms with Gasteiger partial charge in [0.1, 0.15) is 5.75 Å². The fourth-order valence-electron chi connectivity index (χ4n) is 3.31. The van der Waals surface area contributed by atoms with Gasteiger partial charge in [-0.15, -0.1) is 10.2 Å². The third kappa shape index (κ3) is 3.69. The molecule has 0 bridgehead atoms. The van der Waals surface area contributed by atoms with E-state index in [4.69, 9.17) is 9.15 Å². The Kier molecular flexibility index (Phi) is 4.97. The molecule has 1 fully saturated rings. The molecular formula is C21H22N4O3. The molecule has 0 spiro atoms. The van der Waals surface area contributed by atoms with Crippen molar-refractivity contribution in [3.05, 3.63) is 60.0 Å². The third-order valence-electron chi connectivity index (χ3n) is 4.86. The number of aryl methyl sites for hydroxylation is 1. The summed E-state index contributed by atoms with van der Waals surface area (Å²) < 4.78 is 10.8. The van der Waals surface area contributed by atoms with Gasteiger partial charge in [0.2, 0.25) is 5.89 Å². The molecule has 1 amide bonds. The Hall–Kier alpha value is -3.35. The van der Waals surface area contributed by atoms with Crippen molar-refractivity contribution in [1.29, 1.82) is 0 Å². The standard InChI is InChI=1S/C21H22N4O3/c1-15-5-3-7-17(13-15)24-9-11-25(12-10-24)21(26)20-23-22-19(28-20)16-6-4-8-18(14-16)27-2/h3-8,13-14H,9-12H2,1-2H3. The Bertz CT molecular complexity index is 977. The van der Waals surface area contributed by atoms with Crippen LogP contribution in [0.2, 0.25) is 0 Å². The highest BCUT2D eigenvalue weighted by atomic mass is 16.5. The van der Waals surface area contributed by atoms with Crippen LogP contribution in [0.15, 0.2) is 52.9 Å². The summed E-state index contributed by atoms with van der Waals surface area (Å²) in [5.41, 5.74) is 3.13. The zero-order valence-corrected chi connectivity index (χ0v) is 16.0. The first-order valence-electron chi connectivity index (χ1n) is 9.23. The number of ether oxygens (including phenoxy) is 1. The van der Waals surface area contributed by atoms with E-state index in [0.29, 0.717) is 24.7 Å². The molecule has 0 N–H and O–H groups in total. The van der Waals surface area contributed by atoms with Gasteiger partial charge in [-0.25, -0.2) is 0 Å². The number of piperazine rings is 1. The van der Waals surface area contributed by atoms with Gasteiger partial charge in [-0.1, -0.05) is 18.2 Å². The molecule has 0 saturated carbocycles. The van der Waals surface area contributed by atoms with Crippen LogP contribution < -0.4 is 9.64 Å². The highest BCUT2D eigenvalue weighted by Gasteiger charge is 2.26. The fraction of sp³-hybridized carbons (Fsp3) is 0.286. The third-order valence-corrected chi connectivity index (χ3v) is 4.86. The van der Waals surface area contributed by atoms with Crippen LogP contribution in [-0.4, -0.2) is 54.3 Å². The predicted molar refractivity (Wildman–Crippen MR) is 106 cm³/mol. The molecule has 1 aromatic heterocycles. The highest BCUT2D eigenvalue weighted by molar-refractivity contribution is 5.90. The smallest absolute Gasteiger partial charge is 0.311 e. The Labute approximate surface area is 163 Å². The Morgan fingerprint density at radius 2 is 1.82 bits per heavy atom. The molecule has 0 aliphatic carbocycles. The molecule has 144 valence electrons. The van der Waals surface area contributed by atoms with Gasteiger partial charge in [-0.3, -0.25) is 4.79 Å². The van der Waals surface area contributed by atoms with E-state index < -0.39 is 0 Å². The normalized spacial score (nSPS) is 14.2. The number of nitrogens with zero attached hydrogens (tertiary/aromatic N) is 4. The molecule has 2 aromatic carbocycles. The minimum Gasteiger partial charge on any atom is -0.497 e. The van der Waals surface area contributed by atoms with E-state index in [9.17, 15) is 4.79 Å². The maximum atomic E-state index is 12.8. The van der Waals surface area contributed by atoms with E-state index in [-0.39, 0.29) is 11.8 Å². The van der Waals surface area contributed by atoms with Crippen LogP contribution in [0, 0.1) is 6.92 Å². The molecule has 2 heterocycles. The van der Waals surface area contributed by atoms with Crippen LogP contribution in [-0.2, 0) is 0 Å². The largest absolute Gasteiger partial charge is 0.497 e. The maximum absolute atomic E-state index is 12.8. The first-order valence-corrected chi connectivity index (χ1v) is 9.23. The van der Waals surface area contributed by atoms with Crippen molar-refractivity contribution in [2.24, 2.45) is 0 Å². The summed E-state index contributed by atoms with van der Waals surface area (Å²) in [6.07, 6.45) is 0. The molecule has 4 rings (SSSR count). The second kappa shape index (κ2) is 7.72. The van der Waals surface area contributed by atoms with Gasteiger partial charge >= 0.3 is 11.8 Å². The fourth-order valence-corrected chi connectivity index (χ4v) is 3.31. The average molecular weight is 378 g/mol. The SMILES string of the molecule is COc1cccc(-c2nnc(C(=O)N3CCN(c4cccc(C)c4)CC3)o2)c1. The van der Waals surface area contributed by atoms with Crippen LogP contribution >= 0.6 is 0 Å². The van der Waals surface area contributed by atoms with Gasteiger partial charge in [0.25, 0.3) is 0 Å². The lowest BCUT2D eigenvalue weighted by molar-refractivity contribution is 0.0707. The number of carbonyl (C=O) groups excluding carboxylic acids is 1. The second-order valence-electron chi connectivity index (χ2n) is 6.76. The molecule has 0 radical (unpaired) electrons. The number of carbonyl (C=O) groups is 1. The molecule has 3 aromatic rings. The molecule has 7 nitrogen and oxygen atoms in total. The molecule has 28 heavy (non-hydrogen) atoms. The molecular weight excluding hydrogens is 356 g/mol. The summed E-state index contributed by atoms with van der Waals surface area (Å²) in [4.78, 5) is 16.8. The zero-order chi connectivity index (χ0) is 19.5. The van der Waals surface area contributed by atoms with E-state index in [2.05, 4.69) is 46.3 Å². The van der Waals surface area contributed by atoms with Crippen LogP contribution in [0.1, 0.15) is 16.2 Å². The van der Waals surface area contributed by atoms with Crippen molar-refractivity contribution < 1.29 is 13.9 Å². The van der Waals surface area contributed by atoms with Crippen LogP contribution in [0.5, 0.6) is 5.75 Å². The zero-order valence-electron chi connectivity index (χ0n) is 16.0. The first kappa shape index (κ1) is 18.0. The predicted octanol–water partition coefficient (Wildman–Crippen LogP) is 3.02. The molecule has 1 saturated heterocycles. The number of hydrogen-bond acceptors (Lipinski definition) is 6. The van der Waals surface area contributed by atoms with Crippen molar-refractivity contribution in [3.8, 4) is 17.2 Å². The van der Waals surface area contributed by atoms with Gasteiger partial charge in [0, 0.05) is 37.4 Å². The Morgan fingerprint density at radius 3 is 2.57 bits per heavy atom. The molecule has 0 atom stereocenters. The summed E-state index contributed by atoms with van der Waals surface area (Å²) in [6, 6.07) is 15.7. The number of methoxy groups -OCH3 is 1. The van der Waals surface area contributed by atoms with E-state index in [1.165, 1.54) is 11.3 Å². The summed E-state index contributed by atoms with van der Waals surface area (Å²) in [5.74, 6) is 0.781. The number of rotatable bonds is 4.